The summed E-state index contributed by atoms with van der Waals surface area (Å²) in [5, 5.41) is 10.5. The van der Waals surface area contributed by atoms with Gasteiger partial charge in [0.1, 0.15) is 17.2 Å². The highest BCUT2D eigenvalue weighted by atomic mass is 16.6. The third-order valence-corrected chi connectivity index (χ3v) is 6.12. The second-order valence-electron chi connectivity index (χ2n) is 8.47. The predicted molar refractivity (Wildman–Crippen MR) is 110 cm³/mol. The molecule has 160 valence electrons. The zero-order valence-corrected chi connectivity index (χ0v) is 17.6. The summed E-state index contributed by atoms with van der Waals surface area (Å²) < 4.78 is 4.68. The molecule has 4 rings (SSSR count). The summed E-state index contributed by atoms with van der Waals surface area (Å²) in [6.45, 7) is 6.95. The van der Waals surface area contributed by atoms with E-state index in [9.17, 15) is 9.59 Å². The van der Waals surface area contributed by atoms with Crippen molar-refractivity contribution in [2.24, 2.45) is 5.41 Å². The molecule has 0 radical (unpaired) electrons. The summed E-state index contributed by atoms with van der Waals surface area (Å²) >= 11 is 0. The van der Waals surface area contributed by atoms with E-state index in [-0.39, 0.29) is 18.4 Å². The Morgan fingerprint density at radius 3 is 2.73 bits per heavy atom. The first-order valence-electron chi connectivity index (χ1n) is 10.5. The lowest BCUT2D eigenvalue weighted by Crippen LogP contribution is -2.51. The number of rotatable bonds is 5. The number of piperidine rings is 1. The molecule has 2 aliphatic rings. The summed E-state index contributed by atoms with van der Waals surface area (Å²) in [4.78, 5) is 34.5. The number of pyridine rings is 1. The standard InChI is InChI=1S/C21H28N6O3/c1-15-17(25-30-24-15)13-23-20(29)21(2)7-5-11-27(14-21)19(28)16-6-8-22-18(12-16)26-9-3-4-10-26/h6,8,12H,3-5,7,9-11,13-14H2,1-2H3,(H,23,29)/t21-/m0/s1. The van der Waals surface area contributed by atoms with E-state index < -0.39 is 5.41 Å². The Labute approximate surface area is 175 Å². The van der Waals surface area contributed by atoms with E-state index in [0.29, 0.717) is 30.0 Å². The summed E-state index contributed by atoms with van der Waals surface area (Å²) in [5.74, 6) is 0.718. The van der Waals surface area contributed by atoms with Crippen molar-refractivity contribution in [2.75, 3.05) is 31.1 Å². The lowest BCUT2D eigenvalue weighted by molar-refractivity contribution is -0.132. The number of aromatic nitrogens is 3. The molecule has 4 heterocycles. The van der Waals surface area contributed by atoms with Gasteiger partial charge in [0, 0.05) is 37.9 Å². The number of nitrogens with zero attached hydrogens (tertiary/aromatic N) is 5. The van der Waals surface area contributed by atoms with Crippen LogP contribution in [0.4, 0.5) is 5.82 Å². The first-order valence-corrected chi connectivity index (χ1v) is 10.5. The van der Waals surface area contributed by atoms with Gasteiger partial charge in [0.2, 0.25) is 5.91 Å². The van der Waals surface area contributed by atoms with Crippen LogP contribution in [0, 0.1) is 12.3 Å². The van der Waals surface area contributed by atoms with Gasteiger partial charge in [-0.05, 0) is 51.7 Å². The van der Waals surface area contributed by atoms with Gasteiger partial charge >= 0.3 is 0 Å². The molecule has 9 nitrogen and oxygen atoms in total. The minimum absolute atomic E-state index is 0.0480. The Morgan fingerprint density at radius 2 is 2.00 bits per heavy atom. The number of carbonyl (C=O) groups is 2. The topological polar surface area (TPSA) is 104 Å². The number of nitrogens with one attached hydrogen (secondary N) is 1. The molecule has 0 spiro atoms. The number of hydrogen-bond donors (Lipinski definition) is 1. The Kier molecular flexibility index (Phi) is 5.69. The fraction of sp³-hybridized carbons (Fsp3) is 0.571. The highest BCUT2D eigenvalue weighted by Gasteiger charge is 2.39. The van der Waals surface area contributed by atoms with Gasteiger partial charge in [-0.1, -0.05) is 10.3 Å². The molecule has 2 aromatic rings. The quantitative estimate of drug-likeness (QED) is 0.800. The van der Waals surface area contributed by atoms with Gasteiger partial charge in [-0.25, -0.2) is 9.61 Å². The molecule has 0 aromatic carbocycles. The Morgan fingerprint density at radius 1 is 1.20 bits per heavy atom. The van der Waals surface area contributed by atoms with Crippen molar-refractivity contribution in [3.8, 4) is 0 Å². The molecule has 2 aliphatic heterocycles. The molecule has 1 atom stereocenters. The molecule has 2 aromatic heterocycles. The van der Waals surface area contributed by atoms with E-state index in [1.807, 2.05) is 13.0 Å². The molecule has 0 bridgehead atoms. The highest BCUT2D eigenvalue weighted by molar-refractivity contribution is 5.95. The largest absolute Gasteiger partial charge is 0.357 e. The second kappa shape index (κ2) is 8.41. The molecule has 2 amide bonds. The van der Waals surface area contributed by atoms with E-state index in [1.54, 1.807) is 24.1 Å². The number of hydrogen-bond acceptors (Lipinski definition) is 7. The fourth-order valence-corrected chi connectivity index (χ4v) is 4.24. The van der Waals surface area contributed by atoms with Crippen LogP contribution in [0.2, 0.25) is 0 Å². The van der Waals surface area contributed by atoms with E-state index in [4.69, 9.17) is 0 Å². The highest BCUT2D eigenvalue weighted by Crippen LogP contribution is 2.31. The van der Waals surface area contributed by atoms with Crippen LogP contribution in [0.1, 0.15) is 54.4 Å². The minimum Gasteiger partial charge on any atom is -0.357 e. The maximum Gasteiger partial charge on any atom is 0.254 e. The van der Waals surface area contributed by atoms with Crippen LogP contribution >= 0.6 is 0 Å². The average molecular weight is 412 g/mol. The SMILES string of the molecule is Cc1nonc1CNC(=O)[C@@]1(C)CCCN(C(=O)c2ccnc(N3CCCC3)c2)C1. The lowest BCUT2D eigenvalue weighted by atomic mass is 9.80. The average Bonchev–Trinajstić information content (AvgIpc) is 3.43. The molecule has 30 heavy (non-hydrogen) atoms. The summed E-state index contributed by atoms with van der Waals surface area (Å²) in [7, 11) is 0. The maximum absolute atomic E-state index is 13.2. The number of amides is 2. The van der Waals surface area contributed by atoms with Crippen LogP contribution < -0.4 is 10.2 Å². The van der Waals surface area contributed by atoms with Gasteiger partial charge in [-0.3, -0.25) is 9.59 Å². The van der Waals surface area contributed by atoms with Gasteiger partial charge in [-0.2, -0.15) is 0 Å². The number of likely N-dealkylation sites (tertiary alicyclic amines) is 1. The summed E-state index contributed by atoms with van der Waals surface area (Å²) in [6, 6.07) is 3.63. The molecule has 2 fully saturated rings. The summed E-state index contributed by atoms with van der Waals surface area (Å²) in [6.07, 6.45) is 5.52. The van der Waals surface area contributed by atoms with E-state index in [1.165, 1.54) is 0 Å². The first-order chi connectivity index (χ1) is 14.5. The van der Waals surface area contributed by atoms with Crippen LogP contribution in [0.5, 0.6) is 0 Å². The van der Waals surface area contributed by atoms with E-state index in [2.05, 4.69) is 30.1 Å². The Bertz CT molecular complexity index is 923. The fourth-order valence-electron chi connectivity index (χ4n) is 4.24. The molecule has 0 saturated carbocycles. The molecular formula is C21H28N6O3. The third-order valence-electron chi connectivity index (χ3n) is 6.12. The van der Waals surface area contributed by atoms with Crippen molar-refractivity contribution in [1.29, 1.82) is 0 Å². The molecule has 9 heteroatoms. The van der Waals surface area contributed by atoms with Gasteiger partial charge in [-0.15, -0.1) is 0 Å². The van der Waals surface area contributed by atoms with Crippen LogP contribution in [0.25, 0.3) is 0 Å². The van der Waals surface area contributed by atoms with Crippen molar-refractivity contribution >= 4 is 17.6 Å². The van der Waals surface area contributed by atoms with Crippen LogP contribution in [0.3, 0.4) is 0 Å². The minimum atomic E-state index is -0.649. The zero-order valence-electron chi connectivity index (χ0n) is 17.6. The number of anilines is 1. The van der Waals surface area contributed by atoms with E-state index >= 15 is 0 Å². The summed E-state index contributed by atoms with van der Waals surface area (Å²) in [5.41, 5.74) is 1.25. The zero-order chi connectivity index (χ0) is 21.1. The van der Waals surface area contributed by atoms with Gasteiger partial charge in [0.15, 0.2) is 0 Å². The maximum atomic E-state index is 13.2. The number of aryl methyl sites for hydroxylation is 1. The molecule has 1 N–H and O–H groups in total. The molecule has 2 saturated heterocycles. The number of carbonyl (C=O) groups excluding carboxylic acids is 2. The normalized spacial score (nSPS) is 21.7. The van der Waals surface area contributed by atoms with Gasteiger partial charge < -0.3 is 15.1 Å². The molecule has 0 aliphatic carbocycles. The van der Waals surface area contributed by atoms with Crippen molar-refractivity contribution in [3.63, 3.8) is 0 Å². The monoisotopic (exact) mass is 412 g/mol. The van der Waals surface area contributed by atoms with Crippen LogP contribution in [0.15, 0.2) is 23.0 Å². The Hall–Kier alpha value is -2.97. The van der Waals surface area contributed by atoms with Gasteiger partial charge in [0.25, 0.3) is 5.91 Å². The lowest BCUT2D eigenvalue weighted by Gasteiger charge is -2.39. The van der Waals surface area contributed by atoms with Crippen LogP contribution in [-0.4, -0.2) is 58.2 Å². The first kappa shape index (κ1) is 20.3. The smallest absolute Gasteiger partial charge is 0.254 e. The van der Waals surface area contributed by atoms with Crippen molar-refractivity contribution < 1.29 is 14.2 Å². The second-order valence-corrected chi connectivity index (χ2v) is 8.47. The molecule has 0 unspecified atom stereocenters. The van der Waals surface area contributed by atoms with Crippen molar-refractivity contribution in [3.05, 3.63) is 35.3 Å². The third kappa shape index (κ3) is 4.15. The van der Waals surface area contributed by atoms with Crippen molar-refractivity contribution in [2.45, 2.75) is 46.1 Å². The van der Waals surface area contributed by atoms with E-state index in [0.717, 1.165) is 44.6 Å². The van der Waals surface area contributed by atoms with Crippen LogP contribution in [-0.2, 0) is 11.3 Å². The Balaban J connectivity index is 1.42. The predicted octanol–water partition coefficient (Wildman–Crippen LogP) is 1.93. The van der Waals surface area contributed by atoms with Crippen molar-refractivity contribution in [1.82, 2.24) is 25.5 Å². The molecular weight excluding hydrogens is 384 g/mol. The van der Waals surface area contributed by atoms with Gasteiger partial charge in [0.05, 0.1) is 12.0 Å².